The Bertz CT molecular complexity index is 461. The number of ether oxygens (including phenoxy) is 1. The third-order valence-corrected chi connectivity index (χ3v) is 3.88. The molecule has 1 aliphatic heterocycles. The summed E-state index contributed by atoms with van der Waals surface area (Å²) in [6.45, 7) is 10.2. The van der Waals surface area contributed by atoms with Crippen LogP contribution in [0.2, 0.25) is 0 Å². The van der Waals surface area contributed by atoms with Gasteiger partial charge in [0.15, 0.2) is 5.96 Å². The molecule has 1 aliphatic rings. The SMILES string of the molecule is Cc1noc(C)c1CCNC(N)=NCCCN1CCOCC1. The molecular formula is C15H27N5O2. The normalized spacial score (nSPS) is 16.9. The molecule has 0 atom stereocenters. The van der Waals surface area contributed by atoms with Crippen LogP contribution in [0, 0.1) is 13.8 Å². The molecule has 22 heavy (non-hydrogen) atoms. The summed E-state index contributed by atoms with van der Waals surface area (Å²) in [6.07, 6.45) is 1.86. The summed E-state index contributed by atoms with van der Waals surface area (Å²) in [5, 5.41) is 7.08. The summed E-state index contributed by atoms with van der Waals surface area (Å²) in [4.78, 5) is 6.76. The van der Waals surface area contributed by atoms with E-state index in [0.717, 1.165) is 75.8 Å². The number of nitrogens with one attached hydrogen (secondary N) is 1. The number of nitrogens with zero attached hydrogens (tertiary/aromatic N) is 3. The molecular weight excluding hydrogens is 282 g/mol. The fraction of sp³-hybridized carbons (Fsp3) is 0.733. The summed E-state index contributed by atoms with van der Waals surface area (Å²) >= 11 is 0. The highest BCUT2D eigenvalue weighted by Gasteiger charge is 2.09. The van der Waals surface area contributed by atoms with Crippen LogP contribution in [-0.4, -0.2) is 62.0 Å². The fourth-order valence-electron chi connectivity index (χ4n) is 2.55. The highest BCUT2D eigenvalue weighted by Crippen LogP contribution is 2.11. The molecule has 0 radical (unpaired) electrons. The molecule has 1 aromatic heterocycles. The third-order valence-electron chi connectivity index (χ3n) is 3.88. The Morgan fingerprint density at radius 1 is 1.36 bits per heavy atom. The van der Waals surface area contributed by atoms with Gasteiger partial charge in [-0.3, -0.25) is 9.89 Å². The van der Waals surface area contributed by atoms with E-state index in [-0.39, 0.29) is 0 Å². The van der Waals surface area contributed by atoms with Crippen molar-refractivity contribution in [3.8, 4) is 0 Å². The predicted octanol–water partition coefficient (Wildman–Crippen LogP) is 0.461. The Labute approximate surface area is 131 Å². The van der Waals surface area contributed by atoms with Crippen molar-refractivity contribution in [3.05, 3.63) is 17.0 Å². The number of guanidine groups is 1. The maximum absolute atomic E-state index is 5.87. The van der Waals surface area contributed by atoms with E-state index in [1.165, 1.54) is 0 Å². The number of morpholine rings is 1. The first-order valence-corrected chi connectivity index (χ1v) is 7.92. The average Bonchev–Trinajstić information content (AvgIpc) is 2.84. The Morgan fingerprint density at radius 2 is 2.14 bits per heavy atom. The van der Waals surface area contributed by atoms with Gasteiger partial charge in [-0.05, 0) is 26.7 Å². The van der Waals surface area contributed by atoms with E-state index in [9.17, 15) is 0 Å². The second-order valence-corrected chi connectivity index (χ2v) is 5.55. The van der Waals surface area contributed by atoms with Crippen LogP contribution in [-0.2, 0) is 11.2 Å². The van der Waals surface area contributed by atoms with Crippen LogP contribution in [0.4, 0.5) is 0 Å². The molecule has 124 valence electrons. The minimum absolute atomic E-state index is 0.508. The lowest BCUT2D eigenvalue weighted by molar-refractivity contribution is 0.0377. The molecule has 0 amide bonds. The van der Waals surface area contributed by atoms with Crippen molar-refractivity contribution in [1.82, 2.24) is 15.4 Å². The van der Waals surface area contributed by atoms with Crippen LogP contribution in [0.15, 0.2) is 9.52 Å². The first-order valence-electron chi connectivity index (χ1n) is 7.92. The quantitative estimate of drug-likeness (QED) is 0.432. The summed E-state index contributed by atoms with van der Waals surface area (Å²) in [5.74, 6) is 1.38. The van der Waals surface area contributed by atoms with E-state index < -0.39 is 0 Å². The molecule has 0 spiro atoms. The van der Waals surface area contributed by atoms with E-state index >= 15 is 0 Å². The standard InChI is InChI=1S/C15H27N5O2/c1-12-14(13(2)22-19-12)4-6-18-15(16)17-5-3-7-20-8-10-21-11-9-20/h3-11H2,1-2H3,(H3,16,17,18). The number of aliphatic imine (C=N–C) groups is 1. The van der Waals surface area contributed by atoms with Gasteiger partial charge in [0.1, 0.15) is 5.76 Å². The van der Waals surface area contributed by atoms with Crippen LogP contribution < -0.4 is 11.1 Å². The van der Waals surface area contributed by atoms with Crippen molar-refractivity contribution in [1.29, 1.82) is 0 Å². The third kappa shape index (κ3) is 5.31. The zero-order chi connectivity index (χ0) is 15.8. The molecule has 7 nitrogen and oxygen atoms in total. The van der Waals surface area contributed by atoms with Gasteiger partial charge in [0.2, 0.25) is 0 Å². The number of rotatable bonds is 7. The van der Waals surface area contributed by atoms with Crippen molar-refractivity contribution >= 4 is 5.96 Å². The molecule has 0 bridgehead atoms. The molecule has 7 heteroatoms. The van der Waals surface area contributed by atoms with Gasteiger partial charge >= 0.3 is 0 Å². The highest BCUT2D eigenvalue weighted by molar-refractivity contribution is 5.77. The van der Waals surface area contributed by atoms with Crippen LogP contribution in [0.5, 0.6) is 0 Å². The highest BCUT2D eigenvalue weighted by atomic mass is 16.5. The molecule has 2 rings (SSSR count). The van der Waals surface area contributed by atoms with Gasteiger partial charge in [-0.25, -0.2) is 0 Å². The van der Waals surface area contributed by atoms with Gasteiger partial charge < -0.3 is 20.3 Å². The minimum atomic E-state index is 0.508. The summed E-state index contributed by atoms with van der Waals surface area (Å²) in [5.41, 5.74) is 7.97. The monoisotopic (exact) mass is 309 g/mol. The topological polar surface area (TPSA) is 88.9 Å². The Morgan fingerprint density at radius 3 is 2.82 bits per heavy atom. The van der Waals surface area contributed by atoms with E-state index in [1.54, 1.807) is 0 Å². The van der Waals surface area contributed by atoms with Crippen molar-refractivity contribution in [3.63, 3.8) is 0 Å². The summed E-state index contributed by atoms with van der Waals surface area (Å²) < 4.78 is 10.5. The lowest BCUT2D eigenvalue weighted by atomic mass is 10.1. The molecule has 0 unspecified atom stereocenters. The Kier molecular flexibility index (Phi) is 6.67. The van der Waals surface area contributed by atoms with Gasteiger partial charge in [-0.1, -0.05) is 5.16 Å². The first kappa shape index (κ1) is 16.8. The minimum Gasteiger partial charge on any atom is -0.379 e. The average molecular weight is 309 g/mol. The van der Waals surface area contributed by atoms with Gasteiger partial charge in [-0.2, -0.15) is 0 Å². The number of hydrogen-bond donors (Lipinski definition) is 2. The number of nitrogens with two attached hydrogens (primary N) is 1. The molecule has 0 saturated carbocycles. The summed E-state index contributed by atoms with van der Waals surface area (Å²) in [7, 11) is 0. The lowest BCUT2D eigenvalue weighted by Crippen LogP contribution is -2.37. The van der Waals surface area contributed by atoms with Gasteiger partial charge in [0, 0.05) is 38.3 Å². The van der Waals surface area contributed by atoms with E-state index in [1.807, 2.05) is 13.8 Å². The molecule has 0 aliphatic carbocycles. The van der Waals surface area contributed by atoms with Crippen molar-refractivity contribution in [2.45, 2.75) is 26.7 Å². The number of aryl methyl sites for hydroxylation is 2. The van der Waals surface area contributed by atoms with E-state index in [2.05, 4.69) is 20.4 Å². The van der Waals surface area contributed by atoms with E-state index in [4.69, 9.17) is 15.0 Å². The molecule has 1 fully saturated rings. The smallest absolute Gasteiger partial charge is 0.188 e. The second kappa shape index (κ2) is 8.75. The zero-order valence-corrected chi connectivity index (χ0v) is 13.6. The number of hydrogen-bond acceptors (Lipinski definition) is 5. The van der Waals surface area contributed by atoms with Crippen molar-refractivity contribution in [2.75, 3.05) is 45.9 Å². The molecule has 3 N–H and O–H groups in total. The zero-order valence-electron chi connectivity index (χ0n) is 13.6. The molecule has 2 heterocycles. The number of aromatic nitrogens is 1. The maximum Gasteiger partial charge on any atom is 0.188 e. The molecule has 1 aromatic rings. The van der Waals surface area contributed by atoms with Crippen LogP contribution in [0.3, 0.4) is 0 Å². The fourth-order valence-corrected chi connectivity index (χ4v) is 2.55. The van der Waals surface area contributed by atoms with Crippen LogP contribution in [0.25, 0.3) is 0 Å². The predicted molar refractivity (Wildman–Crippen MR) is 86.0 cm³/mol. The lowest BCUT2D eigenvalue weighted by Gasteiger charge is -2.26. The van der Waals surface area contributed by atoms with Crippen molar-refractivity contribution in [2.24, 2.45) is 10.7 Å². The van der Waals surface area contributed by atoms with Gasteiger partial charge in [0.25, 0.3) is 0 Å². The Hall–Kier alpha value is -1.60. The van der Waals surface area contributed by atoms with Gasteiger partial charge in [-0.15, -0.1) is 0 Å². The largest absolute Gasteiger partial charge is 0.379 e. The first-order chi connectivity index (χ1) is 10.7. The van der Waals surface area contributed by atoms with Crippen molar-refractivity contribution < 1.29 is 9.26 Å². The van der Waals surface area contributed by atoms with Gasteiger partial charge in [0.05, 0.1) is 18.9 Å². The summed E-state index contributed by atoms with van der Waals surface area (Å²) in [6, 6.07) is 0. The Balaban J connectivity index is 1.59. The van der Waals surface area contributed by atoms with Crippen LogP contribution in [0.1, 0.15) is 23.4 Å². The maximum atomic E-state index is 5.87. The molecule has 1 saturated heterocycles. The van der Waals surface area contributed by atoms with E-state index in [0.29, 0.717) is 5.96 Å². The molecule has 0 aromatic carbocycles. The second-order valence-electron chi connectivity index (χ2n) is 5.55. The van der Waals surface area contributed by atoms with Crippen LogP contribution >= 0.6 is 0 Å².